The summed E-state index contributed by atoms with van der Waals surface area (Å²) in [5, 5.41) is 21.1. The molecule has 2 nitrogen and oxygen atoms in total. The quantitative estimate of drug-likeness (QED) is 0.899. The number of hydrogen-bond donors (Lipinski definition) is 1. The minimum atomic E-state index is -0.560. The van der Waals surface area contributed by atoms with E-state index in [2.05, 4.69) is 17.8 Å². The maximum absolute atomic E-state index is 10.9. The maximum Gasteiger partial charge on any atom is 0.0991 e. The average molecular weight is 273 g/mol. The molecule has 0 aromatic heterocycles. The van der Waals surface area contributed by atoms with E-state index in [1.807, 2.05) is 24.3 Å². The van der Waals surface area contributed by atoms with Crippen LogP contribution in [0, 0.1) is 11.3 Å². The first kappa shape index (κ1) is 13.0. The van der Waals surface area contributed by atoms with E-state index in [-0.39, 0.29) is 0 Å². The van der Waals surface area contributed by atoms with Crippen LogP contribution in [-0.2, 0) is 6.42 Å². The number of fused-ring (bicyclic) bond motifs is 2. The van der Waals surface area contributed by atoms with Gasteiger partial charge in [-0.25, -0.2) is 0 Å². The van der Waals surface area contributed by atoms with Crippen LogP contribution in [0.3, 0.4) is 0 Å². The van der Waals surface area contributed by atoms with E-state index >= 15 is 0 Å². The van der Waals surface area contributed by atoms with Crippen molar-refractivity contribution in [3.8, 4) is 6.07 Å². The Bertz CT molecular complexity index is 496. The van der Waals surface area contributed by atoms with Crippen LogP contribution in [-0.4, -0.2) is 21.2 Å². The Morgan fingerprint density at radius 2 is 2.05 bits per heavy atom. The molecule has 1 aromatic rings. The molecule has 19 heavy (non-hydrogen) atoms. The van der Waals surface area contributed by atoms with Crippen molar-refractivity contribution in [3.63, 3.8) is 0 Å². The highest BCUT2D eigenvalue weighted by molar-refractivity contribution is 8.00. The molecule has 3 heteroatoms. The van der Waals surface area contributed by atoms with Crippen molar-refractivity contribution in [1.29, 1.82) is 5.26 Å². The molecule has 0 saturated carbocycles. The van der Waals surface area contributed by atoms with Gasteiger partial charge in [0, 0.05) is 16.9 Å². The van der Waals surface area contributed by atoms with E-state index in [4.69, 9.17) is 5.26 Å². The lowest BCUT2D eigenvalue weighted by Gasteiger charge is -2.44. The first-order valence-electron chi connectivity index (χ1n) is 7.04. The topological polar surface area (TPSA) is 44.0 Å². The van der Waals surface area contributed by atoms with Gasteiger partial charge in [-0.2, -0.15) is 17.0 Å². The summed E-state index contributed by atoms with van der Waals surface area (Å²) in [4.78, 5) is 0. The third kappa shape index (κ3) is 2.96. The second-order valence-electron chi connectivity index (χ2n) is 5.93. The number of nitrogens with zero attached hydrogens (tertiary/aromatic N) is 1. The number of aliphatic hydroxyl groups is 1. The summed E-state index contributed by atoms with van der Waals surface area (Å²) >= 11 is 2.08. The summed E-state index contributed by atoms with van der Waals surface area (Å²) in [6.45, 7) is 0. The highest BCUT2D eigenvalue weighted by atomic mass is 32.2. The van der Waals surface area contributed by atoms with Crippen LogP contribution < -0.4 is 0 Å². The van der Waals surface area contributed by atoms with Crippen LogP contribution in [0.1, 0.15) is 43.2 Å². The molecule has 1 N–H and O–H groups in total. The zero-order chi connectivity index (χ0) is 13.3. The zero-order valence-corrected chi connectivity index (χ0v) is 11.8. The highest BCUT2D eigenvalue weighted by Gasteiger charge is 2.41. The van der Waals surface area contributed by atoms with E-state index < -0.39 is 5.60 Å². The van der Waals surface area contributed by atoms with Crippen LogP contribution in [0.25, 0.3) is 0 Å². The van der Waals surface area contributed by atoms with Gasteiger partial charge < -0.3 is 5.11 Å². The number of thioether (sulfide) groups is 1. The molecule has 2 aliphatic rings. The van der Waals surface area contributed by atoms with Crippen LogP contribution in [0.5, 0.6) is 0 Å². The molecular weight excluding hydrogens is 254 g/mol. The molecule has 0 radical (unpaired) electrons. The van der Waals surface area contributed by atoms with E-state index in [0.29, 0.717) is 22.5 Å². The smallest absolute Gasteiger partial charge is 0.0991 e. The van der Waals surface area contributed by atoms with Gasteiger partial charge >= 0.3 is 0 Å². The van der Waals surface area contributed by atoms with Gasteiger partial charge in [-0.1, -0.05) is 18.6 Å². The average Bonchev–Trinajstić information content (AvgIpc) is 2.37. The summed E-state index contributed by atoms with van der Waals surface area (Å²) in [6, 6.07) is 9.84. The molecule has 2 atom stereocenters. The number of rotatable bonds is 2. The summed E-state index contributed by atoms with van der Waals surface area (Å²) in [6.07, 6.45) is 6.33. The first-order valence-corrected chi connectivity index (χ1v) is 7.98. The molecule has 2 bridgehead atoms. The number of hydrogen-bond acceptors (Lipinski definition) is 3. The first-order chi connectivity index (χ1) is 9.17. The second-order valence-corrected chi connectivity index (χ2v) is 7.54. The normalized spacial score (nSPS) is 33.7. The second kappa shape index (κ2) is 5.19. The van der Waals surface area contributed by atoms with Crippen molar-refractivity contribution in [3.05, 3.63) is 35.4 Å². The molecule has 0 aliphatic carbocycles. The predicted octanol–water partition coefficient (Wildman–Crippen LogP) is 3.28. The van der Waals surface area contributed by atoms with Crippen LogP contribution in [0.15, 0.2) is 24.3 Å². The minimum absolute atomic E-state index is 0.560. The van der Waals surface area contributed by atoms with Gasteiger partial charge in [0.2, 0.25) is 0 Å². The summed E-state index contributed by atoms with van der Waals surface area (Å²) in [7, 11) is 0. The van der Waals surface area contributed by atoms with Crippen molar-refractivity contribution >= 4 is 11.8 Å². The lowest BCUT2D eigenvalue weighted by atomic mass is 9.81. The Morgan fingerprint density at radius 1 is 1.32 bits per heavy atom. The Kier molecular flexibility index (Phi) is 3.56. The Labute approximate surface area is 118 Å². The largest absolute Gasteiger partial charge is 0.389 e. The summed E-state index contributed by atoms with van der Waals surface area (Å²) < 4.78 is 0. The van der Waals surface area contributed by atoms with Crippen molar-refractivity contribution < 1.29 is 5.11 Å². The number of nitriles is 1. The van der Waals surface area contributed by atoms with E-state index in [1.165, 1.54) is 19.3 Å². The number of benzene rings is 1. The van der Waals surface area contributed by atoms with Crippen LogP contribution in [0.4, 0.5) is 0 Å². The standard InChI is InChI=1S/C16H19NOS/c17-11-13-4-1-3-12(7-13)8-16(18)9-14-5-2-6-15(10-16)19-14/h1,3-4,7,14-15,18H,2,5-6,8-10H2. The Morgan fingerprint density at radius 3 is 2.74 bits per heavy atom. The molecule has 0 amide bonds. The van der Waals surface area contributed by atoms with Crippen molar-refractivity contribution in [2.75, 3.05) is 0 Å². The molecule has 100 valence electrons. The van der Waals surface area contributed by atoms with Gasteiger partial charge in [0.05, 0.1) is 17.2 Å². The fourth-order valence-electron chi connectivity index (χ4n) is 3.49. The Balaban J connectivity index is 1.76. The SMILES string of the molecule is N#Cc1cccc(CC2(O)CC3CCCC(C2)S3)c1. The molecule has 1 aromatic carbocycles. The van der Waals surface area contributed by atoms with E-state index in [1.54, 1.807) is 0 Å². The van der Waals surface area contributed by atoms with Gasteiger partial charge in [0.1, 0.15) is 0 Å². The third-order valence-electron chi connectivity index (χ3n) is 4.24. The molecule has 2 saturated heterocycles. The molecule has 2 fully saturated rings. The lowest BCUT2D eigenvalue weighted by molar-refractivity contribution is 0.0130. The van der Waals surface area contributed by atoms with Crippen molar-refractivity contribution in [2.24, 2.45) is 0 Å². The van der Waals surface area contributed by atoms with Gasteiger partial charge in [0.25, 0.3) is 0 Å². The fraction of sp³-hybridized carbons (Fsp3) is 0.562. The van der Waals surface area contributed by atoms with Gasteiger partial charge in [-0.05, 0) is 43.4 Å². The molecule has 2 unspecified atom stereocenters. The van der Waals surface area contributed by atoms with E-state index in [0.717, 1.165) is 18.4 Å². The third-order valence-corrected chi connectivity index (χ3v) is 5.82. The minimum Gasteiger partial charge on any atom is -0.389 e. The molecule has 2 aliphatic heterocycles. The lowest BCUT2D eigenvalue weighted by Crippen LogP contribution is -2.44. The maximum atomic E-state index is 10.9. The monoisotopic (exact) mass is 273 g/mol. The van der Waals surface area contributed by atoms with E-state index in [9.17, 15) is 5.11 Å². The highest BCUT2D eigenvalue weighted by Crippen LogP contribution is 2.46. The van der Waals surface area contributed by atoms with Crippen LogP contribution in [0.2, 0.25) is 0 Å². The molecule has 3 rings (SSSR count). The molecule has 0 spiro atoms. The van der Waals surface area contributed by atoms with Gasteiger partial charge in [-0.15, -0.1) is 0 Å². The summed E-state index contributed by atoms with van der Waals surface area (Å²) in [5.74, 6) is 0. The fourth-order valence-corrected chi connectivity index (χ4v) is 5.45. The van der Waals surface area contributed by atoms with Crippen molar-refractivity contribution in [2.45, 2.75) is 54.6 Å². The zero-order valence-electron chi connectivity index (χ0n) is 11.0. The summed E-state index contributed by atoms with van der Waals surface area (Å²) in [5.41, 5.74) is 1.22. The molecular formula is C16H19NOS. The van der Waals surface area contributed by atoms with Crippen LogP contribution >= 0.6 is 11.8 Å². The Hall–Kier alpha value is -0.980. The van der Waals surface area contributed by atoms with Crippen molar-refractivity contribution in [1.82, 2.24) is 0 Å². The molecule has 2 heterocycles. The van der Waals surface area contributed by atoms with Gasteiger partial charge in [0.15, 0.2) is 0 Å². The predicted molar refractivity (Wildman–Crippen MR) is 78.1 cm³/mol. The van der Waals surface area contributed by atoms with Gasteiger partial charge in [-0.3, -0.25) is 0 Å².